The van der Waals surface area contributed by atoms with Crippen LogP contribution >= 0.6 is 38.1 Å². The quantitative estimate of drug-likeness (QED) is 0.152. The molecule has 244 valence electrons. The second-order valence-corrected chi connectivity index (χ2v) is 17.2. The molecule has 0 spiro atoms. The van der Waals surface area contributed by atoms with E-state index in [1.54, 1.807) is 15.5 Å². The molecule has 23 heteroatoms. The summed E-state index contributed by atoms with van der Waals surface area (Å²) in [6.07, 6.45) is 3.76. The summed E-state index contributed by atoms with van der Waals surface area (Å²) >= 11 is 8.51. The molecule has 5 aromatic rings. The minimum Gasteiger partial charge on any atom is -0.382 e. The highest BCUT2D eigenvalue weighted by molar-refractivity contribution is 8.44. The summed E-state index contributed by atoms with van der Waals surface area (Å²) in [6.45, 7) is -6.38. The molecule has 2 saturated heterocycles. The fourth-order valence-electron chi connectivity index (χ4n) is 6.43. The summed E-state index contributed by atoms with van der Waals surface area (Å²) in [4.78, 5) is 32.8. The zero-order chi connectivity index (χ0) is 32.0. The minimum absolute atomic E-state index is 0.000976. The molecule has 46 heavy (non-hydrogen) atoms. The van der Waals surface area contributed by atoms with Gasteiger partial charge >= 0.3 is 13.6 Å². The normalized spacial score (nSPS) is 35.7. The number of aromatic nitrogens is 10. The number of fused-ring (bicyclic) bond motifs is 5. The summed E-state index contributed by atoms with van der Waals surface area (Å²) in [6, 6.07) is -0.260. The standard InChI is InChI=1S/C23H27N11O8P2S2/c1-10-17-14(41-22(10)33-8-27-15-18(24)25-6-26-19(15)33)5-40-43(36,45)39-4-12-11(3-38-44(37,46)42-17)2-13(12)32-7-28-16-20(32)30-23-31-29-9-34(23)21(16)35/h6-14,17,22H,2-5H2,1H3,(H,30,31)(H,36,45)(H,37,46)(H2,24,25,26)/t10-,11-,12-,13-,14-,17+,22-,43-,44-/m1/s1. The molecule has 0 bridgehead atoms. The Morgan fingerprint density at radius 2 is 1.74 bits per heavy atom. The molecule has 1 aliphatic carbocycles. The lowest BCUT2D eigenvalue weighted by Gasteiger charge is -2.45. The number of thiol groups is 2. The molecule has 5 aromatic heterocycles. The lowest BCUT2D eigenvalue weighted by molar-refractivity contribution is -0.0388. The van der Waals surface area contributed by atoms with Gasteiger partial charge in [0.15, 0.2) is 17.0 Å². The molecule has 3 N–H and O–H groups in total. The highest BCUT2D eigenvalue weighted by atomic mass is 32.7. The zero-order valence-corrected chi connectivity index (χ0v) is 27.4. The van der Waals surface area contributed by atoms with E-state index in [2.05, 4.69) is 59.6 Å². The van der Waals surface area contributed by atoms with Gasteiger partial charge in [-0.15, -0.1) is 10.2 Å². The molecular weight excluding hydrogens is 684 g/mol. The molecule has 0 amide bonds. The van der Waals surface area contributed by atoms with Crippen molar-refractivity contribution >= 4 is 72.0 Å². The van der Waals surface area contributed by atoms with Gasteiger partial charge in [0.05, 0.1) is 32.5 Å². The number of imidazole rings is 2. The number of hydrogen-bond donors (Lipinski definition) is 4. The Labute approximate surface area is 268 Å². The molecule has 1 saturated carbocycles. The Morgan fingerprint density at radius 1 is 0.978 bits per heavy atom. The summed E-state index contributed by atoms with van der Waals surface area (Å²) < 4.78 is 61.3. The van der Waals surface area contributed by atoms with Gasteiger partial charge in [-0.1, -0.05) is 31.4 Å². The van der Waals surface area contributed by atoms with Crippen LogP contribution < -0.4 is 11.3 Å². The maximum absolute atomic E-state index is 13.6. The third-order valence-electron chi connectivity index (χ3n) is 8.84. The second kappa shape index (κ2) is 11.1. The van der Waals surface area contributed by atoms with E-state index in [0.29, 0.717) is 23.2 Å². The van der Waals surface area contributed by atoms with E-state index in [1.165, 1.54) is 23.4 Å². The molecule has 3 aliphatic rings. The number of nitrogens with one attached hydrogen (secondary N) is 1. The van der Waals surface area contributed by atoms with E-state index >= 15 is 0 Å². The van der Waals surface area contributed by atoms with E-state index in [9.17, 15) is 13.9 Å². The van der Waals surface area contributed by atoms with Crippen LogP contribution in [0.15, 0.2) is 30.1 Å². The Bertz CT molecular complexity index is 2140. The van der Waals surface area contributed by atoms with E-state index in [-0.39, 0.29) is 60.4 Å². The fourth-order valence-corrected chi connectivity index (χ4v) is 9.21. The minimum atomic E-state index is -3.95. The van der Waals surface area contributed by atoms with E-state index < -0.39 is 37.9 Å². The first kappa shape index (κ1) is 30.5. The lowest BCUT2D eigenvalue weighted by Crippen LogP contribution is -2.43. The van der Waals surface area contributed by atoms with Crippen LogP contribution in [-0.4, -0.2) is 80.7 Å². The number of nitrogen functional groups attached to an aromatic ring is 1. The molecular formula is C23H27N11O8P2S2. The fraction of sp³-hybridized carbons (Fsp3) is 0.522. The number of rotatable bonds is 2. The second-order valence-electron chi connectivity index (χ2n) is 11.4. The Kier molecular flexibility index (Phi) is 7.35. The summed E-state index contributed by atoms with van der Waals surface area (Å²) in [5, 5.41) is 7.72. The van der Waals surface area contributed by atoms with E-state index in [1.807, 2.05) is 6.92 Å². The smallest absolute Gasteiger partial charge is 0.382 e. The van der Waals surface area contributed by atoms with Gasteiger partial charge in [-0.3, -0.25) is 18.4 Å². The summed E-state index contributed by atoms with van der Waals surface area (Å²) in [7, 11) is 0. The highest BCUT2D eigenvalue weighted by Crippen LogP contribution is 2.61. The first-order valence-corrected chi connectivity index (χ1v) is 19.5. The molecule has 7 heterocycles. The molecule has 3 fully saturated rings. The predicted octanol–water partition coefficient (Wildman–Crippen LogP) is 2.42. The number of anilines is 1. The third-order valence-corrected chi connectivity index (χ3v) is 12.1. The van der Waals surface area contributed by atoms with Gasteiger partial charge in [0.1, 0.15) is 42.3 Å². The van der Waals surface area contributed by atoms with E-state index in [4.69, 9.17) is 28.6 Å². The Morgan fingerprint density at radius 3 is 2.59 bits per heavy atom. The van der Waals surface area contributed by atoms with Crippen LogP contribution in [0.5, 0.6) is 0 Å². The topological polar surface area (TPSA) is 231 Å². The number of hydrogen-bond acceptors (Lipinski definition) is 15. The van der Waals surface area contributed by atoms with Gasteiger partial charge in [-0.25, -0.2) is 33.5 Å². The van der Waals surface area contributed by atoms with Crippen molar-refractivity contribution in [1.29, 1.82) is 0 Å². The number of H-pyrrole nitrogens is 1. The van der Waals surface area contributed by atoms with Crippen LogP contribution in [0.2, 0.25) is 0 Å². The van der Waals surface area contributed by atoms with Crippen molar-refractivity contribution in [3.05, 3.63) is 35.7 Å². The van der Waals surface area contributed by atoms with Crippen molar-refractivity contribution in [2.75, 3.05) is 25.6 Å². The maximum atomic E-state index is 13.6. The van der Waals surface area contributed by atoms with Crippen LogP contribution in [0.25, 0.3) is 28.1 Å². The van der Waals surface area contributed by atoms with Crippen LogP contribution in [0.4, 0.5) is 5.82 Å². The Balaban J connectivity index is 1.06. The van der Waals surface area contributed by atoms with Crippen LogP contribution in [0.3, 0.4) is 0 Å². The SMILES string of the molecule is C[C@@H]1[C@@H]2O[P@](=O)(S)OC[C@H]3C[C@@H](n4cnc5c(=O)n6cnnc6[nH]c54)[C@@H]3CO[P@@](=O)(S)OC[C@H]2O[C@H]1n1cnc2c(N)ncnc21. The van der Waals surface area contributed by atoms with Gasteiger partial charge in [-0.05, 0) is 12.3 Å². The first-order valence-electron chi connectivity index (χ1n) is 14.1. The first-order chi connectivity index (χ1) is 22.0. The number of nitrogens with zero attached hydrogens (tertiary/aromatic N) is 9. The molecule has 8 rings (SSSR count). The largest absolute Gasteiger partial charge is 0.386 e. The van der Waals surface area contributed by atoms with Gasteiger partial charge in [0, 0.05) is 17.9 Å². The molecule has 19 nitrogen and oxygen atoms in total. The molecule has 9 atom stereocenters. The van der Waals surface area contributed by atoms with E-state index in [0.717, 1.165) is 0 Å². The van der Waals surface area contributed by atoms with Crippen LogP contribution in [0, 0.1) is 17.8 Å². The third kappa shape index (κ3) is 5.09. The Hall–Kier alpha value is -2.87. The summed E-state index contributed by atoms with van der Waals surface area (Å²) in [5.41, 5.74) is 7.05. The van der Waals surface area contributed by atoms with Gasteiger partial charge in [0.2, 0.25) is 5.78 Å². The van der Waals surface area contributed by atoms with Crippen molar-refractivity contribution in [2.45, 2.75) is 37.8 Å². The van der Waals surface area contributed by atoms with Gasteiger partial charge in [0.25, 0.3) is 5.56 Å². The zero-order valence-electron chi connectivity index (χ0n) is 23.8. The van der Waals surface area contributed by atoms with Crippen molar-refractivity contribution in [1.82, 2.24) is 48.7 Å². The molecule has 0 radical (unpaired) electrons. The molecule has 0 unspecified atom stereocenters. The highest BCUT2D eigenvalue weighted by Gasteiger charge is 2.50. The van der Waals surface area contributed by atoms with Crippen molar-refractivity contribution < 1.29 is 32.0 Å². The monoisotopic (exact) mass is 711 g/mol. The van der Waals surface area contributed by atoms with Crippen molar-refractivity contribution in [2.24, 2.45) is 17.8 Å². The van der Waals surface area contributed by atoms with Crippen LogP contribution in [-0.2, 0) is 32.0 Å². The number of ether oxygens (including phenoxy) is 1. The maximum Gasteiger partial charge on any atom is 0.386 e. The number of nitrogens with two attached hydrogens (primary N) is 1. The average Bonchev–Trinajstić information content (AvgIpc) is 3.79. The average molecular weight is 712 g/mol. The van der Waals surface area contributed by atoms with Gasteiger partial charge < -0.3 is 29.1 Å². The van der Waals surface area contributed by atoms with Gasteiger partial charge in [-0.2, -0.15) is 0 Å². The lowest BCUT2D eigenvalue weighted by atomic mass is 9.70. The summed E-state index contributed by atoms with van der Waals surface area (Å²) in [5.74, 6) is -0.528. The molecule has 2 aliphatic heterocycles. The van der Waals surface area contributed by atoms with Crippen molar-refractivity contribution in [3.63, 3.8) is 0 Å². The van der Waals surface area contributed by atoms with Crippen LogP contribution in [0.1, 0.15) is 25.6 Å². The van der Waals surface area contributed by atoms with Crippen molar-refractivity contribution in [3.8, 4) is 0 Å². The predicted molar refractivity (Wildman–Crippen MR) is 166 cm³/mol. The number of aromatic amines is 1. The molecule has 0 aromatic carbocycles.